The molecular weight excluding hydrogens is 463 g/mol. The maximum Gasteiger partial charge on any atom is 0.296 e. The third-order valence-electron chi connectivity index (χ3n) is 5.47. The van der Waals surface area contributed by atoms with Crippen molar-refractivity contribution in [3.63, 3.8) is 0 Å². The van der Waals surface area contributed by atoms with Crippen LogP contribution in [0.4, 0.5) is 9.52 Å². The first-order valence-corrected chi connectivity index (χ1v) is 10.9. The molecule has 2 aromatic heterocycles. The monoisotopic (exact) mass is 480 g/mol. The van der Waals surface area contributed by atoms with Gasteiger partial charge < -0.3 is 19.0 Å². The number of aromatic nitrogens is 1. The number of thiazole rings is 1. The van der Waals surface area contributed by atoms with E-state index in [1.54, 1.807) is 18.2 Å². The van der Waals surface area contributed by atoms with Crippen molar-refractivity contribution in [2.75, 3.05) is 19.1 Å². The number of amides is 1. The van der Waals surface area contributed by atoms with Crippen molar-refractivity contribution >= 4 is 38.4 Å². The number of aliphatic hydroxyl groups is 1. The number of halogens is 1. The molecule has 0 radical (unpaired) electrons. The molecule has 0 fully saturated rings. The van der Waals surface area contributed by atoms with Gasteiger partial charge in [-0.1, -0.05) is 23.5 Å². The summed E-state index contributed by atoms with van der Waals surface area (Å²) < 4.78 is 30.5. The molecular formula is C24H17FN2O6S. The van der Waals surface area contributed by atoms with E-state index in [9.17, 15) is 19.1 Å². The predicted octanol–water partition coefficient (Wildman–Crippen LogP) is 4.83. The number of anilines is 1. The Hall–Kier alpha value is -4.18. The zero-order valence-electron chi connectivity index (χ0n) is 17.9. The molecule has 10 heteroatoms. The highest BCUT2D eigenvalue weighted by Crippen LogP contribution is 2.48. The Labute approximate surface area is 196 Å². The van der Waals surface area contributed by atoms with Gasteiger partial charge in [-0.3, -0.25) is 14.5 Å². The maximum absolute atomic E-state index is 13.8. The van der Waals surface area contributed by atoms with Crippen LogP contribution < -0.4 is 14.4 Å². The van der Waals surface area contributed by atoms with E-state index in [1.807, 2.05) is 0 Å². The fraction of sp³-hybridized carbons (Fsp3) is 0.125. The Kier molecular flexibility index (Phi) is 5.29. The molecule has 8 nitrogen and oxygen atoms in total. The van der Waals surface area contributed by atoms with Crippen LogP contribution in [0.15, 0.2) is 70.5 Å². The van der Waals surface area contributed by atoms with Crippen molar-refractivity contribution in [2.24, 2.45) is 0 Å². The topological polar surface area (TPSA) is 102 Å². The summed E-state index contributed by atoms with van der Waals surface area (Å²) in [6.45, 7) is 0. The molecule has 5 rings (SSSR count). The lowest BCUT2D eigenvalue weighted by atomic mass is 9.94. The van der Waals surface area contributed by atoms with Gasteiger partial charge in [-0.2, -0.15) is 0 Å². The number of carbonyl (C=O) groups is 2. The van der Waals surface area contributed by atoms with E-state index >= 15 is 0 Å². The fourth-order valence-corrected chi connectivity index (χ4v) is 5.00. The Bertz CT molecular complexity index is 1460. The van der Waals surface area contributed by atoms with Crippen molar-refractivity contribution in [3.05, 3.63) is 83.3 Å². The Morgan fingerprint density at radius 1 is 1.18 bits per heavy atom. The number of carbonyl (C=O) groups excluding carboxylic acids is 2. The first-order valence-electron chi connectivity index (χ1n) is 10.1. The van der Waals surface area contributed by atoms with Crippen molar-refractivity contribution < 1.29 is 33.0 Å². The molecule has 1 aliphatic heterocycles. The Morgan fingerprint density at radius 2 is 2.00 bits per heavy atom. The Morgan fingerprint density at radius 3 is 2.71 bits per heavy atom. The number of ketones is 1. The molecule has 1 atom stereocenters. The number of nitrogens with zero attached hydrogens (tertiary/aromatic N) is 2. The normalized spacial score (nSPS) is 15.9. The minimum absolute atomic E-state index is 0.0468. The number of benzene rings is 2. The summed E-state index contributed by atoms with van der Waals surface area (Å²) in [6.07, 6.45) is 1.32. The van der Waals surface area contributed by atoms with Gasteiger partial charge in [0.25, 0.3) is 5.91 Å². The van der Waals surface area contributed by atoms with Crippen LogP contribution in [0, 0.1) is 5.82 Å². The van der Waals surface area contributed by atoms with E-state index in [-0.39, 0.29) is 22.2 Å². The number of fused-ring (bicyclic) bond motifs is 1. The first-order chi connectivity index (χ1) is 16.4. The molecule has 0 aliphatic carbocycles. The second-order valence-electron chi connectivity index (χ2n) is 7.34. The quantitative estimate of drug-likeness (QED) is 0.395. The summed E-state index contributed by atoms with van der Waals surface area (Å²) in [5, 5.41) is 11.0. The summed E-state index contributed by atoms with van der Waals surface area (Å²) in [7, 11) is 2.89. The molecule has 3 heterocycles. The highest BCUT2D eigenvalue weighted by atomic mass is 32.1. The van der Waals surface area contributed by atoms with Gasteiger partial charge in [0.05, 0.1) is 36.3 Å². The molecule has 0 saturated heterocycles. The van der Waals surface area contributed by atoms with Crippen LogP contribution >= 0.6 is 11.3 Å². The largest absolute Gasteiger partial charge is 0.503 e. The maximum atomic E-state index is 13.8. The van der Waals surface area contributed by atoms with Crippen LogP contribution in [0.3, 0.4) is 0 Å². The van der Waals surface area contributed by atoms with E-state index in [2.05, 4.69) is 4.98 Å². The van der Waals surface area contributed by atoms with Crippen molar-refractivity contribution in [3.8, 4) is 11.5 Å². The average Bonchev–Trinajstić information content (AvgIpc) is 3.57. The fourth-order valence-electron chi connectivity index (χ4n) is 3.99. The van der Waals surface area contributed by atoms with Gasteiger partial charge >= 0.3 is 0 Å². The highest BCUT2D eigenvalue weighted by molar-refractivity contribution is 7.22. The molecule has 0 bridgehead atoms. The van der Waals surface area contributed by atoms with E-state index in [0.717, 1.165) is 11.3 Å². The molecule has 172 valence electrons. The number of methoxy groups -OCH3 is 2. The molecule has 0 spiro atoms. The van der Waals surface area contributed by atoms with Crippen LogP contribution in [-0.2, 0) is 4.79 Å². The second-order valence-corrected chi connectivity index (χ2v) is 8.35. The third kappa shape index (κ3) is 3.30. The zero-order chi connectivity index (χ0) is 24.0. The van der Waals surface area contributed by atoms with E-state index < -0.39 is 29.3 Å². The van der Waals surface area contributed by atoms with Crippen molar-refractivity contribution in [1.29, 1.82) is 0 Å². The smallest absolute Gasteiger partial charge is 0.296 e. The average molecular weight is 480 g/mol. The van der Waals surface area contributed by atoms with Crippen molar-refractivity contribution in [2.45, 2.75) is 6.04 Å². The molecule has 2 aromatic carbocycles. The van der Waals surface area contributed by atoms with Gasteiger partial charge in [-0.05, 0) is 36.4 Å². The number of hydrogen-bond acceptors (Lipinski definition) is 8. The van der Waals surface area contributed by atoms with Gasteiger partial charge in [0.1, 0.15) is 11.9 Å². The molecule has 34 heavy (non-hydrogen) atoms. The molecule has 1 aliphatic rings. The van der Waals surface area contributed by atoms with E-state index in [0.29, 0.717) is 21.5 Å². The number of aliphatic hydroxyl groups excluding tert-OH is 1. The lowest BCUT2D eigenvalue weighted by Crippen LogP contribution is -2.31. The minimum atomic E-state index is -1.11. The second kappa shape index (κ2) is 8.31. The number of ether oxygens (including phenoxy) is 2. The van der Waals surface area contributed by atoms with Crippen LogP contribution in [-0.4, -0.2) is 36.0 Å². The molecule has 1 amide bonds. The lowest BCUT2D eigenvalue weighted by Gasteiger charge is -2.26. The van der Waals surface area contributed by atoms with Crippen LogP contribution in [0.1, 0.15) is 22.2 Å². The first kappa shape index (κ1) is 21.7. The minimum Gasteiger partial charge on any atom is -0.503 e. The van der Waals surface area contributed by atoms with Gasteiger partial charge in [0, 0.05) is 5.56 Å². The number of furan rings is 1. The van der Waals surface area contributed by atoms with Crippen LogP contribution in [0.2, 0.25) is 0 Å². The predicted molar refractivity (Wildman–Crippen MR) is 122 cm³/mol. The summed E-state index contributed by atoms with van der Waals surface area (Å²) >= 11 is 1.06. The van der Waals surface area contributed by atoms with E-state index in [4.69, 9.17) is 13.9 Å². The SMILES string of the molecule is COc1cccc([C@@H]2C(C(=O)c3ccco3)=C(O)C(=O)N2c2nc3ccc(F)cc3s2)c1OC. The molecule has 4 aromatic rings. The Balaban J connectivity index is 1.74. The molecule has 0 saturated carbocycles. The van der Waals surface area contributed by atoms with E-state index in [1.165, 1.54) is 55.7 Å². The summed E-state index contributed by atoms with van der Waals surface area (Å²) in [5.41, 5.74) is 0.660. The number of Topliss-reactive ketones (excluding diaryl/α,β-unsaturated/α-hetero) is 1. The van der Waals surface area contributed by atoms with Gasteiger partial charge in [-0.25, -0.2) is 9.37 Å². The summed E-state index contributed by atoms with van der Waals surface area (Å²) in [4.78, 5) is 32.4. The van der Waals surface area contributed by atoms with Crippen molar-refractivity contribution in [1.82, 2.24) is 4.98 Å². The number of rotatable bonds is 6. The standard InChI is InChI=1S/C24H17FN2O6S/c1-31-16-6-3-5-13(22(16)32-2)19-18(20(28)15-7-4-10-33-15)21(29)23(30)27(19)24-26-14-9-8-12(25)11-17(14)34-24/h3-11,19,29H,1-2H3/t19-/m1/s1. The lowest BCUT2D eigenvalue weighted by molar-refractivity contribution is -0.117. The summed E-state index contributed by atoms with van der Waals surface area (Å²) in [5.74, 6) is -2.08. The summed E-state index contributed by atoms with van der Waals surface area (Å²) in [6, 6.07) is 10.9. The van der Waals surface area contributed by atoms with Gasteiger partial charge in [0.2, 0.25) is 5.78 Å². The van der Waals surface area contributed by atoms with Gasteiger partial charge in [0.15, 0.2) is 28.1 Å². The van der Waals surface area contributed by atoms with Crippen LogP contribution in [0.5, 0.6) is 11.5 Å². The third-order valence-corrected chi connectivity index (χ3v) is 6.49. The highest BCUT2D eigenvalue weighted by Gasteiger charge is 2.47. The zero-order valence-corrected chi connectivity index (χ0v) is 18.8. The van der Waals surface area contributed by atoms with Gasteiger partial charge in [-0.15, -0.1) is 0 Å². The number of para-hydroxylation sites is 1. The molecule has 1 N–H and O–H groups in total. The molecule has 0 unspecified atom stereocenters. The van der Waals surface area contributed by atoms with Crippen LogP contribution in [0.25, 0.3) is 10.2 Å². The number of hydrogen-bond donors (Lipinski definition) is 1.